The van der Waals surface area contributed by atoms with Crippen molar-refractivity contribution in [1.82, 2.24) is 9.29 Å². The zero-order chi connectivity index (χ0) is 17.3. The Labute approximate surface area is 152 Å². The molecule has 3 rings (SSSR count). The highest BCUT2D eigenvalue weighted by molar-refractivity contribution is 7.91. The fourth-order valence-corrected chi connectivity index (χ4v) is 6.39. The molecular formula is C13H14ClN3O4S3. The van der Waals surface area contributed by atoms with Gasteiger partial charge in [-0.15, -0.1) is 11.3 Å². The topological polar surface area (TPSA) is 88.6 Å². The number of ether oxygens (including phenoxy) is 1. The number of fused-ring (bicyclic) bond motifs is 1. The molecule has 1 aliphatic rings. The summed E-state index contributed by atoms with van der Waals surface area (Å²) in [6.45, 7) is 2.56. The molecule has 0 saturated heterocycles. The second-order valence-electron chi connectivity index (χ2n) is 4.88. The third-order valence-corrected chi connectivity index (χ3v) is 7.86. The number of carbonyl (C=O) groups excluding carboxylic acids is 1. The van der Waals surface area contributed by atoms with Gasteiger partial charge in [0.2, 0.25) is 0 Å². The molecular weight excluding hydrogens is 394 g/mol. The lowest BCUT2D eigenvalue weighted by Crippen LogP contribution is -2.35. The van der Waals surface area contributed by atoms with E-state index in [2.05, 4.69) is 10.3 Å². The SMILES string of the molecule is CCOC(=O)Nc1nc2c(s1)CN(S(=O)(=O)c1ccc(Cl)s1)CC2. The van der Waals surface area contributed by atoms with Crippen molar-refractivity contribution in [1.29, 1.82) is 0 Å². The minimum absolute atomic E-state index is 0.227. The molecule has 0 radical (unpaired) electrons. The van der Waals surface area contributed by atoms with Gasteiger partial charge in [0.1, 0.15) is 4.21 Å². The number of thiazole rings is 1. The van der Waals surface area contributed by atoms with E-state index in [9.17, 15) is 13.2 Å². The summed E-state index contributed by atoms with van der Waals surface area (Å²) < 4.78 is 32.2. The number of anilines is 1. The summed E-state index contributed by atoms with van der Waals surface area (Å²) in [7, 11) is -3.57. The minimum Gasteiger partial charge on any atom is -0.450 e. The molecule has 11 heteroatoms. The molecule has 0 aliphatic carbocycles. The molecule has 7 nitrogen and oxygen atoms in total. The van der Waals surface area contributed by atoms with E-state index >= 15 is 0 Å². The number of rotatable bonds is 4. The van der Waals surface area contributed by atoms with Crippen LogP contribution in [0.2, 0.25) is 4.34 Å². The van der Waals surface area contributed by atoms with E-state index in [0.717, 1.165) is 21.9 Å². The average Bonchev–Trinajstić information content (AvgIpc) is 3.12. The number of aromatic nitrogens is 1. The van der Waals surface area contributed by atoms with Crippen molar-refractivity contribution in [3.8, 4) is 0 Å². The van der Waals surface area contributed by atoms with Crippen molar-refractivity contribution in [3.63, 3.8) is 0 Å². The van der Waals surface area contributed by atoms with Gasteiger partial charge in [-0.05, 0) is 19.1 Å². The normalized spacial score (nSPS) is 15.1. The number of thiophene rings is 1. The van der Waals surface area contributed by atoms with Crippen LogP contribution in [-0.2, 0) is 27.7 Å². The van der Waals surface area contributed by atoms with Crippen molar-refractivity contribution in [2.75, 3.05) is 18.5 Å². The van der Waals surface area contributed by atoms with Crippen LogP contribution in [0.25, 0.3) is 0 Å². The van der Waals surface area contributed by atoms with Gasteiger partial charge >= 0.3 is 6.09 Å². The van der Waals surface area contributed by atoms with Gasteiger partial charge in [-0.2, -0.15) is 4.31 Å². The van der Waals surface area contributed by atoms with Crippen LogP contribution in [0.4, 0.5) is 9.93 Å². The summed E-state index contributed by atoms with van der Waals surface area (Å²) in [4.78, 5) is 16.6. The first-order valence-corrected chi connectivity index (χ1v) is 10.5. The van der Waals surface area contributed by atoms with Gasteiger partial charge in [-0.1, -0.05) is 22.9 Å². The minimum atomic E-state index is -3.57. The van der Waals surface area contributed by atoms with Gasteiger partial charge in [0.15, 0.2) is 5.13 Å². The molecule has 3 heterocycles. The summed E-state index contributed by atoms with van der Waals surface area (Å²) in [5.74, 6) is 0. The summed E-state index contributed by atoms with van der Waals surface area (Å²) in [5.41, 5.74) is 0.808. The number of nitrogens with zero attached hydrogens (tertiary/aromatic N) is 2. The van der Waals surface area contributed by atoms with Crippen LogP contribution in [0.3, 0.4) is 0 Å². The van der Waals surface area contributed by atoms with Gasteiger partial charge < -0.3 is 4.74 Å². The van der Waals surface area contributed by atoms with Crippen molar-refractivity contribution < 1.29 is 17.9 Å². The number of nitrogens with one attached hydrogen (secondary N) is 1. The van der Waals surface area contributed by atoms with Gasteiger partial charge in [0.05, 0.1) is 23.2 Å². The average molecular weight is 408 g/mol. The van der Waals surface area contributed by atoms with E-state index in [0.29, 0.717) is 22.4 Å². The van der Waals surface area contributed by atoms with Gasteiger partial charge in [-0.25, -0.2) is 18.2 Å². The highest BCUT2D eigenvalue weighted by Crippen LogP contribution is 2.33. The number of carbonyl (C=O) groups is 1. The maximum absolute atomic E-state index is 12.7. The molecule has 0 unspecified atom stereocenters. The Kier molecular flexibility index (Phi) is 5.11. The number of hydrogen-bond acceptors (Lipinski definition) is 7. The monoisotopic (exact) mass is 407 g/mol. The molecule has 0 bridgehead atoms. The first-order chi connectivity index (χ1) is 11.4. The Hall–Kier alpha value is -1.20. The summed E-state index contributed by atoms with van der Waals surface area (Å²) >= 11 is 8.14. The summed E-state index contributed by atoms with van der Waals surface area (Å²) in [5, 5.41) is 2.97. The maximum Gasteiger partial charge on any atom is 0.413 e. The van der Waals surface area contributed by atoms with Crippen LogP contribution in [0.1, 0.15) is 17.5 Å². The second kappa shape index (κ2) is 6.96. The first-order valence-electron chi connectivity index (χ1n) is 7.08. The lowest BCUT2D eigenvalue weighted by Gasteiger charge is -2.24. The van der Waals surface area contributed by atoms with E-state index in [1.807, 2.05) is 0 Å². The molecule has 24 heavy (non-hydrogen) atoms. The standard InChI is InChI=1S/C13H14ClN3O4S3/c1-2-21-13(18)16-12-15-8-5-6-17(7-9(8)22-12)24(19,20)11-4-3-10(14)23-11/h3-4H,2,5-7H2,1H3,(H,15,16,18). The molecule has 1 aliphatic heterocycles. The zero-order valence-corrected chi connectivity index (χ0v) is 15.8. The lowest BCUT2D eigenvalue weighted by atomic mass is 10.2. The molecule has 0 fully saturated rings. The van der Waals surface area contributed by atoms with E-state index in [1.165, 1.54) is 21.7 Å². The van der Waals surface area contributed by atoms with Crippen molar-refractivity contribution in [2.45, 2.75) is 24.1 Å². The third kappa shape index (κ3) is 3.57. The van der Waals surface area contributed by atoms with E-state index in [4.69, 9.17) is 16.3 Å². The molecule has 130 valence electrons. The molecule has 1 amide bonds. The smallest absolute Gasteiger partial charge is 0.413 e. The summed E-state index contributed by atoms with van der Waals surface area (Å²) in [6, 6.07) is 3.08. The van der Waals surface area contributed by atoms with Crippen LogP contribution in [-0.4, -0.2) is 37.0 Å². The number of amides is 1. The molecule has 1 N–H and O–H groups in total. The lowest BCUT2D eigenvalue weighted by molar-refractivity contribution is 0.168. The van der Waals surface area contributed by atoms with Crippen LogP contribution >= 0.6 is 34.3 Å². The fourth-order valence-electron chi connectivity index (χ4n) is 2.25. The Morgan fingerprint density at radius 3 is 2.92 bits per heavy atom. The predicted octanol–water partition coefficient (Wildman–Crippen LogP) is 3.17. The van der Waals surface area contributed by atoms with Crippen LogP contribution in [0, 0.1) is 0 Å². The van der Waals surface area contributed by atoms with E-state index in [1.54, 1.807) is 13.0 Å². The molecule has 0 aromatic carbocycles. The molecule has 2 aromatic heterocycles. The molecule has 0 spiro atoms. The van der Waals surface area contributed by atoms with Crippen molar-refractivity contribution >= 4 is 55.5 Å². The predicted molar refractivity (Wildman–Crippen MR) is 93.4 cm³/mol. The molecule has 0 saturated carbocycles. The molecule has 2 aromatic rings. The van der Waals surface area contributed by atoms with Crippen LogP contribution in [0.15, 0.2) is 16.3 Å². The highest BCUT2D eigenvalue weighted by Gasteiger charge is 2.31. The fraction of sp³-hybridized carbons (Fsp3) is 0.385. The van der Waals surface area contributed by atoms with Gasteiger partial charge in [0, 0.05) is 17.8 Å². The van der Waals surface area contributed by atoms with Crippen LogP contribution < -0.4 is 5.32 Å². The summed E-state index contributed by atoms with van der Waals surface area (Å²) in [6.07, 6.45) is -0.0735. The van der Waals surface area contributed by atoms with Crippen molar-refractivity contribution in [2.24, 2.45) is 0 Å². The van der Waals surface area contributed by atoms with Crippen LogP contribution in [0.5, 0.6) is 0 Å². The quantitative estimate of drug-likeness (QED) is 0.840. The first kappa shape index (κ1) is 17.6. The third-order valence-electron chi connectivity index (χ3n) is 3.32. The Bertz CT molecular complexity index is 862. The molecule has 0 atom stereocenters. The van der Waals surface area contributed by atoms with Gasteiger partial charge in [-0.3, -0.25) is 5.32 Å². The Morgan fingerprint density at radius 1 is 1.46 bits per heavy atom. The Balaban J connectivity index is 1.77. The highest BCUT2D eigenvalue weighted by atomic mass is 35.5. The largest absolute Gasteiger partial charge is 0.450 e. The van der Waals surface area contributed by atoms with Gasteiger partial charge in [0.25, 0.3) is 10.0 Å². The van der Waals surface area contributed by atoms with E-state index in [-0.39, 0.29) is 17.4 Å². The zero-order valence-electron chi connectivity index (χ0n) is 12.6. The van der Waals surface area contributed by atoms with Crippen molar-refractivity contribution in [3.05, 3.63) is 27.0 Å². The number of hydrogen-bond donors (Lipinski definition) is 1. The Morgan fingerprint density at radius 2 is 2.25 bits per heavy atom. The second-order valence-corrected chi connectivity index (χ2v) is 9.84. The van der Waals surface area contributed by atoms with E-state index < -0.39 is 16.1 Å². The number of halogens is 1. The number of sulfonamides is 1. The maximum atomic E-state index is 12.7.